The van der Waals surface area contributed by atoms with Crippen molar-refractivity contribution in [1.29, 1.82) is 0 Å². The Morgan fingerprint density at radius 1 is 1.47 bits per heavy atom. The Morgan fingerprint density at radius 3 is 2.79 bits per heavy atom. The molecule has 4 atom stereocenters. The van der Waals surface area contributed by atoms with E-state index in [4.69, 9.17) is 14.3 Å². The summed E-state index contributed by atoms with van der Waals surface area (Å²) in [7, 11) is 1.35. The van der Waals surface area contributed by atoms with Gasteiger partial charge in [0.15, 0.2) is 11.1 Å². The normalized spacial score (nSPS) is 28.2. The van der Waals surface area contributed by atoms with Gasteiger partial charge in [0, 0.05) is 18.8 Å². The van der Waals surface area contributed by atoms with E-state index in [-0.39, 0.29) is 18.7 Å². The van der Waals surface area contributed by atoms with Crippen LogP contribution in [-0.4, -0.2) is 57.3 Å². The molecule has 1 saturated heterocycles. The SMILES string of the molecule is COS(=O)NC1CCN(OS(C)=O)C(CONO)C1. The second-order valence-corrected chi connectivity index (χ2v) is 5.90. The van der Waals surface area contributed by atoms with E-state index < -0.39 is 22.3 Å². The van der Waals surface area contributed by atoms with Gasteiger partial charge in [-0.3, -0.25) is 14.2 Å². The molecule has 1 rings (SSSR count). The Kier molecular flexibility index (Phi) is 8.13. The van der Waals surface area contributed by atoms with Crippen molar-refractivity contribution in [3.63, 3.8) is 0 Å². The van der Waals surface area contributed by atoms with Crippen LogP contribution in [0.5, 0.6) is 0 Å². The minimum Gasteiger partial charge on any atom is -0.292 e. The lowest BCUT2D eigenvalue weighted by Gasteiger charge is -2.36. The molecule has 1 aliphatic heterocycles. The molecule has 0 aliphatic carbocycles. The average Bonchev–Trinajstić information content (AvgIpc) is 2.38. The third-order valence-corrected chi connectivity index (χ3v) is 3.85. The summed E-state index contributed by atoms with van der Waals surface area (Å²) in [4.78, 5) is 4.71. The molecule has 0 aromatic carbocycles. The van der Waals surface area contributed by atoms with Crippen molar-refractivity contribution >= 4 is 22.3 Å². The topological polar surface area (TPSA) is 109 Å². The van der Waals surface area contributed by atoms with E-state index in [1.807, 2.05) is 0 Å². The molecule has 19 heavy (non-hydrogen) atoms. The number of rotatable bonds is 8. The van der Waals surface area contributed by atoms with Gasteiger partial charge in [-0.1, -0.05) is 5.64 Å². The first-order valence-electron chi connectivity index (χ1n) is 5.58. The lowest BCUT2D eigenvalue weighted by atomic mass is 10.0. The van der Waals surface area contributed by atoms with Crippen molar-refractivity contribution < 1.29 is 26.9 Å². The number of nitrogens with zero attached hydrogens (tertiary/aromatic N) is 1. The molecule has 1 fully saturated rings. The first-order valence-corrected chi connectivity index (χ1v) is 8.14. The summed E-state index contributed by atoms with van der Waals surface area (Å²) < 4.78 is 35.0. The third-order valence-electron chi connectivity index (χ3n) is 2.62. The van der Waals surface area contributed by atoms with E-state index >= 15 is 0 Å². The predicted octanol–water partition coefficient (Wildman–Crippen LogP) is -1.23. The summed E-state index contributed by atoms with van der Waals surface area (Å²) in [5.74, 6) is 0. The van der Waals surface area contributed by atoms with E-state index in [9.17, 15) is 8.42 Å². The Labute approximate surface area is 116 Å². The van der Waals surface area contributed by atoms with Gasteiger partial charge in [-0.2, -0.15) is 9.35 Å². The Bertz CT molecular complexity index is 321. The van der Waals surface area contributed by atoms with Crippen LogP contribution in [0.25, 0.3) is 0 Å². The van der Waals surface area contributed by atoms with Crippen LogP contribution in [0.2, 0.25) is 0 Å². The number of nitrogens with one attached hydrogen (secondary N) is 2. The first-order chi connectivity index (χ1) is 9.06. The van der Waals surface area contributed by atoms with E-state index in [1.54, 1.807) is 10.7 Å². The number of hydrogen-bond donors (Lipinski definition) is 3. The fourth-order valence-electron chi connectivity index (χ4n) is 1.84. The van der Waals surface area contributed by atoms with Gasteiger partial charge in [0.1, 0.15) is 0 Å². The fourth-order valence-corrected chi connectivity index (χ4v) is 2.89. The van der Waals surface area contributed by atoms with E-state index in [0.29, 0.717) is 19.4 Å². The van der Waals surface area contributed by atoms with Crippen LogP contribution >= 0.6 is 0 Å². The third kappa shape index (κ3) is 6.33. The molecular formula is C8H19N3O6S2. The minimum atomic E-state index is -1.54. The maximum absolute atomic E-state index is 11.3. The molecule has 3 N–H and O–H groups in total. The maximum atomic E-state index is 11.3. The summed E-state index contributed by atoms with van der Waals surface area (Å²) in [6, 6.07) is -0.276. The molecule has 0 spiro atoms. The molecule has 9 nitrogen and oxygen atoms in total. The van der Waals surface area contributed by atoms with Crippen molar-refractivity contribution in [2.45, 2.75) is 24.9 Å². The van der Waals surface area contributed by atoms with Crippen molar-refractivity contribution in [3.8, 4) is 0 Å². The van der Waals surface area contributed by atoms with Crippen LogP contribution in [-0.2, 0) is 35.7 Å². The average molecular weight is 317 g/mol. The second kappa shape index (κ2) is 9.05. The molecule has 0 aromatic rings. The maximum Gasteiger partial charge on any atom is 0.234 e. The van der Waals surface area contributed by atoms with Crippen LogP contribution in [0.4, 0.5) is 0 Å². The molecule has 11 heteroatoms. The van der Waals surface area contributed by atoms with Crippen molar-refractivity contribution in [2.75, 3.05) is 26.5 Å². The summed E-state index contributed by atoms with van der Waals surface area (Å²) in [5.41, 5.74) is 1.59. The standard InChI is InChI=1S/C8H19N3O6S2/c1-15-19(14)9-7-3-4-11(17-18(2)13)8(5-7)6-16-10-12/h7-10,12H,3-6H2,1-2H3. The van der Waals surface area contributed by atoms with E-state index in [2.05, 4.69) is 8.91 Å². The minimum absolute atomic E-state index is 0.0433. The molecule has 0 bridgehead atoms. The zero-order valence-electron chi connectivity index (χ0n) is 10.7. The summed E-state index contributed by atoms with van der Waals surface area (Å²) in [6.45, 7) is 0.628. The highest BCUT2D eigenvalue weighted by molar-refractivity contribution is 7.79. The number of piperidine rings is 1. The number of hydroxylamine groups is 2. The van der Waals surface area contributed by atoms with Crippen LogP contribution in [0.1, 0.15) is 12.8 Å². The Hall–Kier alpha value is 0.0200. The fraction of sp³-hybridized carbons (Fsp3) is 1.00. The van der Waals surface area contributed by atoms with Crippen LogP contribution in [0, 0.1) is 0 Å². The van der Waals surface area contributed by atoms with E-state index in [0.717, 1.165) is 0 Å². The van der Waals surface area contributed by atoms with Gasteiger partial charge in [0.05, 0.1) is 19.8 Å². The van der Waals surface area contributed by atoms with E-state index in [1.165, 1.54) is 13.4 Å². The zero-order valence-corrected chi connectivity index (χ0v) is 12.4. The van der Waals surface area contributed by atoms with Gasteiger partial charge in [-0.25, -0.2) is 13.1 Å². The molecule has 114 valence electrons. The Morgan fingerprint density at radius 2 is 2.21 bits per heavy atom. The molecule has 0 saturated carbocycles. The lowest BCUT2D eigenvalue weighted by molar-refractivity contribution is -0.178. The molecule has 1 aliphatic rings. The molecular weight excluding hydrogens is 298 g/mol. The zero-order chi connectivity index (χ0) is 14.3. The van der Waals surface area contributed by atoms with Crippen LogP contribution < -0.4 is 10.4 Å². The van der Waals surface area contributed by atoms with Crippen molar-refractivity contribution in [3.05, 3.63) is 0 Å². The smallest absolute Gasteiger partial charge is 0.234 e. The van der Waals surface area contributed by atoms with Crippen molar-refractivity contribution in [2.24, 2.45) is 0 Å². The molecule has 4 unspecified atom stereocenters. The van der Waals surface area contributed by atoms with Crippen LogP contribution in [0.3, 0.4) is 0 Å². The van der Waals surface area contributed by atoms with Gasteiger partial charge in [0.25, 0.3) is 0 Å². The van der Waals surface area contributed by atoms with Crippen molar-refractivity contribution in [1.82, 2.24) is 15.4 Å². The van der Waals surface area contributed by atoms with Crippen LogP contribution in [0.15, 0.2) is 0 Å². The quantitative estimate of drug-likeness (QED) is 0.478. The predicted molar refractivity (Wildman–Crippen MR) is 67.8 cm³/mol. The number of hydrogen-bond acceptors (Lipinski definition) is 8. The molecule has 0 radical (unpaired) electrons. The summed E-state index contributed by atoms with van der Waals surface area (Å²) in [6.07, 6.45) is 2.63. The molecule has 1 heterocycles. The van der Waals surface area contributed by atoms with Gasteiger partial charge in [0.2, 0.25) is 11.3 Å². The Balaban J connectivity index is 2.54. The highest BCUT2D eigenvalue weighted by Gasteiger charge is 2.31. The van der Waals surface area contributed by atoms with Gasteiger partial charge < -0.3 is 0 Å². The largest absolute Gasteiger partial charge is 0.292 e. The second-order valence-electron chi connectivity index (χ2n) is 3.91. The monoisotopic (exact) mass is 317 g/mol. The first kappa shape index (κ1) is 17.1. The molecule has 0 amide bonds. The lowest BCUT2D eigenvalue weighted by Crippen LogP contribution is -2.51. The highest BCUT2D eigenvalue weighted by atomic mass is 32.2. The van der Waals surface area contributed by atoms with Gasteiger partial charge >= 0.3 is 0 Å². The summed E-state index contributed by atoms with van der Waals surface area (Å²) in [5, 5.41) is 9.98. The summed E-state index contributed by atoms with van der Waals surface area (Å²) >= 11 is -2.97. The molecule has 0 aromatic heterocycles. The van der Waals surface area contributed by atoms with Gasteiger partial charge in [-0.15, -0.1) is 0 Å². The highest BCUT2D eigenvalue weighted by Crippen LogP contribution is 2.19. The van der Waals surface area contributed by atoms with Gasteiger partial charge in [-0.05, 0) is 12.8 Å².